The van der Waals surface area contributed by atoms with Crippen molar-refractivity contribution in [3.63, 3.8) is 0 Å². The lowest BCUT2D eigenvalue weighted by Crippen LogP contribution is -2.20. The molecule has 0 fully saturated rings. The molecule has 1 aliphatic heterocycles. The Morgan fingerprint density at radius 3 is 0.647 bits per heavy atom. The van der Waals surface area contributed by atoms with Gasteiger partial charge in [0.05, 0.1) is 26.2 Å². The van der Waals surface area contributed by atoms with Gasteiger partial charge >= 0.3 is 23.9 Å². The highest BCUT2D eigenvalue weighted by atomic mass is 16.5. The summed E-state index contributed by atoms with van der Waals surface area (Å²) in [6.45, 7) is 0.444. The summed E-state index contributed by atoms with van der Waals surface area (Å²) in [5.74, 6) is -3.15. The van der Waals surface area contributed by atoms with Crippen molar-refractivity contribution >= 4 is 23.9 Å². The second-order valence-corrected chi connectivity index (χ2v) is 7.34. The van der Waals surface area contributed by atoms with Gasteiger partial charge in [0.25, 0.3) is 0 Å². The summed E-state index contributed by atoms with van der Waals surface area (Å²) in [7, 11) is 13.7. The molecule has 0 aromatic heterocycles. The SMILES string of the molecule is C1=COC=CO1.CN(C)CC(=O)O.CN(C)CC(=O)O.CN(C)CC(=O)O.CN(C)CC(=O)O. The number of aliphatic carboxylic acids is 4. The Morgan fingerprint density at radius 2 is 0.618 bits per heavy atom. The lowest BCUT2D eigenvalue weighted by molar-refractivity contribution is -0.138. The van der Waals surface area contributed by atoms with Gasteiger partial charge in [0.2, 0.25) is 0 Å². The first-order valence-corrected chi connectivity index (χ1v) is 9.58. The Labute approximate surface area is 200 Å². The molecular weight excluding hydrogens is 456 g/mol. The van der Waals surface area contributed by atoms with Crippen molar-refractivity contribution in [2.24, 2.45) is 0 Å². The van der Waals surface area contributed by atoms with Gasteiger partial charge in [-0.15, -0.1) is 0 Å². The number of carboxylic acid groups (broad SMARTS) is 4. The number of hydrogen-bond donors (Lipinski definition) is 4. The molecule has 4 N–H and O–H groups in total. The van der Waals surface area contributed by atoms with Gasteiger partial charge in [0.15, 0.2) is 0 Å². The molecule has 0 aliphatic carbocycles. The first kappa shape index (κ1) is 38.1. The molecule has 0 amide bonds. The van der Waals surface area contributed by atoms with Crippen molar-refractivity contribution in [3.8, 4) is 0 Å². The van der Waals surface area contributed by atoms with Crippen LogP contribution in [-0.2, 0) is 28.7 Å². The lowest BCUT2D eigenvalue weighted by Gasteiger charge is -2.01. The summed E-state index contributed by atoms with van der Waals surface area (Å²) in [6, 6.07) is 0. The first-order valence-electron chi connectivity index (χ1n) is 9.58. The van der Waals surface area contributed by atoms with Crippen LogP contribution in [0.25, 0.3) is 0 Å². The van der Waals surface area contributed by atoms with E-state index in [-0.39, 0.29) is 26.2 Å². The summed E-state index contributed by atoms with van der Waals surface area (Å²) in [5, 5.41) is 32.2. The molecule has 0 radical (unpaired) electrons. The van der Waals surface area contributed by atoms with Crippen molar-refractivity contribution in [1.82, 2.24) is 19.6 Å². The Hall–Kier alpha value is -3.20. The minimum Gasteiger partial charge on any atom is -0.480 e. The number of ether oxygens (including phenoxy) is 2. The van der Waals surface area contributed by atoms with Crippen molar-refractivity contribution in [1.29, 1.82) is 0 Å². The summed E-state index contributed by atoms with van der Waals surface area (Å²) >= 11 is 0. The van der Waals surface area contributed by atoms with Crippen LogP contribution < -0.4 is 0 Å². The van der Waals surface area contributed by atoms with E-state index in [1.165, 1.54) is 25.0 Å². The Kier molecular flexibility index (Phi) is 29.2. The molecule has 0 bridgehead atoms. The quantitative estimate of drug-likeness (QED) is 0.338. The van der Waals surface area contributed by atoms with Crippen LogP contribution in [-0.4, -0.2) is 146 Å². The maximum atomic E-state index is 9.77. The lowest BCUT2D eigenvalue weighted by atomic mass is 10.6. The third-order valence-electron chi connectivity index (χ3n) is 2.23. The average Bonchev–Trinajstić information content (AvgIpc) is 2.60. The van der Waals surface area contributed by atoms with E-state index in [0.29, 0.717) is 0 Å². The molecule has 200 valence electrons. The molecule has 0 saturated heterocycles. The highest BCUT2D eigenvalue weighted by molar-refractivity contribution is 5.69. The summed E-state index contributed by atoms with van der Waals surface area (Å²) in [5.41, 5.74) is 0. The van der Waals surface area contributed by atoms with E-state index in [1.807, 2.05) is 0 Å². The molecule has 0 atom stereocenters. The van der Waals surface area contributed by atoms with Crippen LogP contribution in [0.5, 0.6) is 0 Å². The zero-order valence-electron chi connectivity index (χ0n) is 21.2. The zero-order valence-corrected chi connectivity index (χ0v) is 21.2. The molecule has 1 aliphatic rings. The van der Waals surface area contributed by atoms with Crippen LogP contribution in [0.2, 0.25) is 0 Å². The maximum Gasteiger partial charge on any atom is 0.317 e. The van der Waals surface area contributed by atoms with Gasteiger partial charge < -0.3 is 29.9 Å². The predicted octanol–water partition coefficient (Wildman–Crippen LogP) is -0.494. The normalized spacial score (nSPS) is 10.7. The second-order valence-electron chi connectivity index (χ2n) is 7.34. The molecule has 0 unspecified atom stereocenters. The fraction of sp³-hybridized carbons (Fsp3) is 0.600. The minimum absolute atomic E-state index is 0.111. The standard InChI is InChI=1S/4C4H9NO2.C4H4O2/c4*1-5(2)3-4(6)7;1-2-6-4-3-5-1/h4*3H2,1-2H3,(H,6,7);1-4H. The number of carboxylic acids is 4. The average molecular weight is 497 g/mol. The third kappa shape index (κ3) is 63.0. The van der Waals surface area contributed by atoms with Gasteiger partial charge in [0.1, 0.15) is 25.0 Å². The van der Waals surface area contributed by atoms with Crippen LogP contribution in [0.4, 0.5) is 0 Å². The fourth-order valence-corrected chi connectivity index (χ4v) is 1.30. The predicted molar refractivity (Wildman–Crippen MR) is 125 cm³/mol. The van der Waals surface area contributed by atoms with Crippen LogP contribution in [0, 0.1) is 0 Å². The van der Waals surface area contributed by atoms with E-state index in [4.69, 9.17) is 20.4 Å². The monoisotopic (exact) mass is 496 g/mol. The molecular formula is C20H40N4O10. The van der Waals surface area contributed by atoms with Gasteiger partial charge in [-0.1, -0.05) is 0 Å². The molecule has 14 heteroatoms. The van der Waals surface area contributed by atoms with Crippen LogP contribution in [0.1, 0.15) is 0 Å². The minimum atomic E-state index is -0.787. The van der Waals surface area contributed by atoms with E-state index >= 15 is 0 Å². The van der Waals surface area contributed by atoms with Crippen molar-refractivity contribution in [2.75, 3.05) is 82.6 Å². The molecule has 34 heavy (non-hydrogen) atoms. The van der Waals surface area contributed by atoms with Gasteiger partial charge in [-0.3, -0.25) is 38.8 Å². The van der Waals surface area contributed by atoms with Gasteiger partial charge in [-0.2, -0.15) is 0 Å². The van der Waals surface area contributed by atoms with Crippen molar-refractivity contribution < 1.29 is 49.1 Å². The molecule has 0 aromatic rings. The maximum absolute atomic E-state index is 9.77. The van der Waals surface area contributed by atoms with E-state index in [9.17, 15) is 19.2 Å². The molecule has 1 heterocycles. The fourth-order valence-electron chi connectivity index (χ4n) is 1.30. The van der Waals surface area contributed by atoms with Gasteiger partial charge in [0, 0.05) is 0 Å². The van der Waals surface area contributed by atoms with E-state index < -0.39 is 23.9 Å². The number of likely N-dealkylation sites (N-methyl/N-ethyl adjacent to an activating group) is 4. The number of nitrogens with zero attached hydrogens (tertiary/aromatic N) is 4. The Morgan fingerprint density at radius 1 is 0.471 bits per heavy atom. The topological polar surface area (TPSA) is 181 Å². The Bertz CT molecular complexity index is 506. The molecule has 0 aromatic carbocycles. The van der Waals surface area contributed by atoms with Gasteiger partial charge in [-0.05, 0) is 56.4 Å². The smallest absolute Gasteiger partial charge is 0.317 e. The summed E-state index contributed by atoms with van der Waals surface area (Å²) in [6.07, 6.45) is 5.83. The first-order chi connectivity index (χ1) is 15.5. The van der Waals surface area contributed by atoms with E-state index in [2.05, 4.69) is 9.47 Å². The highest BCUT2D eigenvalue weighted by Gasteiger charge is 1.96. The zero-order chi connectivity index (χ0) is 27.7. The van der Waals surface area contributed by atoms with Crippen LogP contribution >= 0.6 is 0 Å². The molecule has 14 nitrogen and oxygen atoms in total. The van der Waals surface area contributed by atoms with E-state index in [0.717, 1.165) is 0 Å². The number of rotatable bonds is 8. The number of hydrogen-bond acceptors (Lipinski definition) is 10. The van der Waals surface area contributed by atoms with Crippen LogP contribution in [0.15, 0.2) is 25.0 Å². The summed E-state index contributed by atoms with van der Waals surface area (Å²) < 4.78 is 9.17. The van der Waals surface area contributed by atoms with Crippen molar-refractivity contribution in [3.05, 3.63) is 25.0 Å². The second kappa shape index (κ2) is 26.1. The van der Waals surface area contributed by atoms with Gasteiger partial charge in [-0.25, -0.2) is 0 Å². The van der Waals surface area contributed by atoms with Crippen LogP contribution in [0.3, 0.4) is 0 Å². The van der Waals surface area contributed by atoms with Crippen molar-refractivity contribution in [2.45, 2.75) is 0 Å². The van der Waals surface area contributed by atoms with E-state index in [1.54, 1.807) is 76.0 Å². The largest absolute Gasteiger partial charge is 0.480 e. The Balaban J connectivity index is -0.000000165. The number of carbonyl (C=O) groups is 4. The summed E-state index contributed by atoms with van der Waals surface area (Å²) in [4.78, 5) is 45.5. The molecule has 0 saturated carbocycles. The molecule has 1 rings (SSSR count). The third-order valence-corrected chi connectivity index (χ3v) is 2.23. The highest BCUT2D eigenvalue weighted by Crippen LogP contribution is 1.89. The molecule has 0 spiro atoms.